The molecule has 0 aliphatic carbocycles. The standard InChI is InChI=1S/C41H69NO7/c1-7-8-9-10-11-12-13-14-15-16-17-18-19-20-21-22-38(43)46-29-37-30-47-41(48-37)31-39(3,4)42(40(5,6)32-41)49-33(2)34-23-25-35(26-24-34)44-27-36-28-45-36/h23-26,33,36-37H,7-22,27-32H2,1-6H3. The number of epoxide rings is 1. The summed E-state index contributed by atoms with van der Waals surface area (Å²) in [6.45, 7) is 15.1. The molecule has 0 bridgehead atoms. The molecule has 280 valence electrons. The van der Waals surface area contributed by atoms with E-state index in [1.807, 2.05) is 12.1 Å². The van der Waals surface area contributed by atoms with Gasteiger partial charge in [0, 0.05) is 30.3 Å². The van der Waals surface area contributed by atoms with Gasteiger partial charge in [-0.25, -0.2) is 0 Å². The maximum atomic E-state index is 12.5. The summed E-state index contributed by atoms with van der Waals surface area (Å²) < 4.78 is 29.6. The van der Waals surface area contributed by atoms with Crippen LogP contribution in [0.25, 0.3) is 0 Å². The van der Waals surface area contributed by atoms with Crippen molar-refractivity contribution in [2.45, 2.75) is 192 Å². The van der Waals surface area contributed by atoms with E-state index < -0.39 is 5.79 Å². The van der Waals surface area contributed by atoms with Gasteiger partial charge in [-0.1, -0.05) is 109 Å². The first-order valence-electron chi connectivity index (χ1n) is 19.8. The highest BCUT2D eigenvalue weighted by molar-refractivity contribution is 5.69. The molecular weight excluding hydrogens is 618 g/mol. The monoisotopic (exact) mass is 688 g/mol. The van der Waals surface area contributed by atoms with E-state index in [9.17, 15) is 4.79 Å². The van der Waals surface area contributed by atoms with Crippen LogP contribution in [-0.4, -0.2) is 66.5 Å². The van der Waals surface area contributed by atoms with Crippen LogP contribution in [0.5, 0.6) is 5.75 Å². The minimum absolute atomic E-state index is 0.131. The van der Waals surface area contributed by atoms with Crippen molar-refractivity contribution in [3.63, 3.8) is 0 Å². The van der Waals surface area contributed by atoms with E-state index in [0.717, 1.165) is 30.8 Å². The molecule has 1 aromatic carbocycles. The Morgan fingerprint density at radius 1 is 0.776 bits per heavy atom. The van der Waals surface area contributed by atoms with E-state index in [-0.39, 0.29) is 42.0 Å². The topological polar surface area (TPSA) is 79.0 Å². The summed E-state index contributed by atoms with van der Waals surface area (Å²) in [6, 6.07) is 8.11. The SMILES string of the molecule is CCCCCCCCCCCCCCCCCC(=O)OCC1COC2(CC(C)(C)N(OC(C)c3ccc(OCC4CO4)cc3)C(C)(C)C2)O1. The molecule has 0 amide bonds. The molecule has 3 saturated heterocycles. The number of piperidine rings is 1. The molecule has 0 aromatic heterocycles. The minimum Gasteiger partial charge on any atom is -0.491 e. The molecular formula is C41H69NO7. The van der Waals surface area contributed by atoms with Crippen molar-refractivity contribution in [3.05, 3.63) is 29.8 Å². The fourth-order valence-corrected chi connectivity index (χ4v) is 7.82. The van der Waals surface area contributed by atoms with Crippen molar-refractivity contribution in [2.75, 3.05) is 26.4 Å². The fourth-order valence-electron chi connectivity index (χ4n) is 7.82. The highest BCUT2D eigenvalue weighted by atomic mass is 16.8. The predicted octanol–water partition coefficient (Wildman–Crippen LogP) is 10.0. The van der Waals surface area contributed by atoms with E-state index in [0.29, 0.717) is 32.5 Å². The first kappa shape index (κ1) is 40.1. The first-order chi connectivity index (χ1) is 23.5. The fraction of sp³-hybridized carbons (Fsp3) is 0.829. The Bertz CT molecular complexity index is 1070. The lowest BCUT2D eigenvalue weighted by molar-refractivity contribution is -0.351. The molecule has 1 aromatic rings. The summed E-state index contributed by atoms with van der Waals surface area (Å²) in [5.74, 6) is -0.0208. The van der Waals surface area contributed by atoms with Gasteiger partial charge in [0.1, 0.15) is 37.3 Å². The van der Waals surface area contributed by atoms with Gasteiger partial charge in [0.15, 0.2) is 5.79 Å². The van der Waals surface area contributed by atoms with Crippen LogP contribution in [0.15, 0.2) is 24.3 Å². The zero-order chi connectivity index (χ0) is 35.2. The van der Waals surface area contributed by atoms with Gasteiger partial charge in [0.05, 0.1) is 13.2 Å². The number of rotatable bonds is 24. The zero-order valence-electron chi connectivity index (χ0n) is 31.9. The summed E-state index contributed by atoms with van der Waals surface area (Å²) >= 11 is 0. The molecule has 3 unspecified atom stereocenters. The van der Waals surface area contributed by atoms with Crippen molar-refractivity contribution >= 4 is 5.97 Å². The number of carbonyl (C=O) groups is 1. The molecule has 3 atom stereocenters. The average molecular weight is 688 g/mol. The molecule has 3 fully saturated rings. The zero-order valence-corrected chi connectivity index (χ0v) is 31.9. The molecule has 3 aliphatic rings. The molecule has 0 saturated carbocycles. The molecule has 49 heavy (non-hydrogen) atoms. The lowest BCUT2D eigenvalue weighted by Crippen LogP contribution is -2.65. The number of hydroxylamine groups is 2. The van der Waals surface area contributed by atoms with Crippen LogP contribution in [0.3, 0.4) is 0 Å². The lowest BCUT2D eigenvalue weighted by Gasteiger charge is -2.56. The van der Waals surface area contributed by atoms with Crippen molar-refractivity contribution < 1.29 is 33.3 Å². The summed E-state index contributed by atoms with van der Waals surface area (Å²) in [5.41, 5.74) is 0.367. The number of ether oxygens (including phenoxy) is 5. The largest absolute Gasteiger partial charge is 0.491 e. The molecule has 4 rings (SSSR count). The summed E-state index contributed by atoms with van der Waals surface area (Å²) in [6.07, 6.45) is 21.3. The third kappa shape index (κ3) is 13.7. The van der Waals surface area contributed by atoms with Crippen LogP contribution in [0.2, 0.25) is 0 Å². The van der Waals surface area contributed by atoms with Crippen LogP contribution < -0.4 is 4.74 Å². The number of esters is 1. The van der Waals surface area contributed by atoms with E-state index in [4.69, 9.17) is 28.5 Å². The van der Waals surface area contributed by atoms with Gasteiger partial charge in [0.25, 0.3) is 0 Å². The van der Waals surface area contributed by atoms with E-state index in [2.05, 4.69) is 58.7 Å². The lowest BCUT2D eigenvalue weighted by atomic mass is 9.78. The molecule has 3 heterocycles. The second-order valence-electron chi connectivity index (χ2n) is 16.2. The van der Waals surface area contributed by atoms with Crippen LogP contribution in [0.1, 0.15) is 169 Å². The number of benzene rings is 1. The highest BCUT2D eigenvalue weighted by Gasteiger charge is 2.58. The third-order valence-corrected chi connectivity index (χ3v) is 10.3. The van der Waals surface area contributed by atoms with Crippen LogP contribution >= 0.6 is 0 Å². The highest BCUT2D eigenvalue weighted by Crippen LogP contribution is 2.49. The third-order valence-electron chi connectivity index (χ3n) is 10.3. The Morgan fingerprint density at radius 2 is 1.31 bits per heavy atom. The van der Waals surface area contributed by atoms with E-state index >= 15 is 0 Å². The van der Waals surface area contributed by atoms with Gasteiger partial charge >= 0.3 is 5.97 Å². The Balaban J connectivity index is 1.07. The van der Waals surface area contributed by atoms with Crippen molar-refractivity contribution in [2.24, 2.45) is 0 Å². The maximum Gasteiger partial charge on any atom is 0.305 e. The summed E-state index contributed by atoms with van der Waals surface area (Å²) in [7, 11) is 0. The van der Waals surface area contributed by atoms with Crippen molar-refractivity contribution in [1.29, 1.82) is 0 Å². The minimum atomic E-state index is -0.730. The van der Waals surface area contributed by atoms with Crippen molar-refractivity contribution in [1.82, 2.24) is 5.06 Å². The van der Waals surface area contributed by atoms with E-state index in [1.54, 1.807) is 0 Å². The number of carbonyl (C=O) groups excluding carboxylic acids is 1. The number of nitrogens with zero attached hydrogens (tertiary/aromatic N) is 1. The van der Waals surface area contributed by atoms with Gasteiger partial charge < -0.3 is 23.7 Å². The van der Waals surface area contributed by atoms with Gasteiger partial charge in [-0.05, 0) is 58.7 Å². The Kier molecular flexibility index (Phi) is 16.2. The smallest absolute Gasteiger partial charge is 0.305 e. The Hall–Kier alpha value is -1.71. The summed E-state index contributed by atoms with van der Waals surface area (Å²) in [5, 5.41) is 2.13. The van der Waals surface area contributed by atoms with Crippen LogP contribution in [-0.2, 0) is 28.6 Å². The van der Waals surface area contributed by atoms with Crippen molar-refractivity contribution in [3.8, 4) is 5.75 Å². The molecule has 3 aliphatic heterocycles. The van der Waals surface area contributed by atoms with Gasteiger partial charge in [0.2, 0.25) is 0 Å². The van der Waals surface area contributed by atoms with Crippen LogP contribution in [0, 0.1) is 0 Å². The van der Waals surface area contributed by atoms with Gasteiger partial charge in [-0.3, -0.25) is 9.63 Å². The maximum absolute atomic E-state index is 12.5. The molecule has 0 N–H and O–H groups in total. The second-order valence-corrected chi connectivity index (χ2v) is 16.2. The quantitative estimate of drug-likeness (QED) is 0.0604. The molecule has 1 spiro atoms. The number of hydrogen-bond acceptors (Lipinski definition) is 8. The normalized spacial score (nSPS) is 23.1. The second kappa shape index (κ2) is 19.8. The van der Waals surface area contributed by atoms with E-state index in [1.165, 1.54) is 83.5 Å². The molecule has 8 heteroatoms. The number of unbranched alkanes of at least 4 members (excludes halogenated alkanes) is 14. The van der Waals surface area contributed by atoms with Gasteiger partial charge in [-0.2, -0.15) is 5.06 Å². The molecule has 8 nitrogen and oxygen atoms in total. The number of hydrogen-bond donors (Lipinski definition) is 0. The first-order valence-corrected chi connectivity index (χ1v) is 19.8. The van der Waals surface area contributed by atoms with Crippen LogP contribution in [0.4, 0.5) is 0 Å². The van der Waals surface area contributed by atoms with Gasteiger partial charge in [-0.15, -0.1) is 0 Å². The Labute approximate surface area is 298 Å². The summed E-state index contributed by atoms with van der Waals surface area (Å²) in [4.78, 5) is 19.2. The average Bonchev–Trinajstić information content (AvgIpc) is 3.82. The predicted molar refractivity (Wildman–Crippen MR) is 194 cm³/mol. The molecule has 0 radical (unpaired) electrons. The Morgan fingerprint density at radius 3 is 1.84 bits per heavy atom.